The molecular formula is C44H60N4O10. The van der Waals surface area contributed by atoms with Crippen LogP contribution in [0.4, 0.5) is 0 Å². The summed E-state index contributed by atoms with van der Waals surface area (Å²) in [5.41, 5.74) is 2.15. The van der Waals surface area contributed by atoms with E-state index in [2.05, 4.69) is 5.32 Å². The second kappa shape index (κ2) is 21.8. The number of esters is 2. The Kier molecular flexibility index (Phi) is 17.5. The average molecular weight is 805 g/mol. The molecule has 3 rings (SSSR count). The van der Waals surface area contributed by atoms with Crippen molar-refractivity contribution in [3.63, 3.8) is 0 Å². The molecule has 0 saturated heterocycles. The highest BCUT2D eigenvalue weighted by atomic mass is 16.6. The molecule has 3 amide bonds. The van der Waals surface area contributed by atoms with Crippen molar-refractivity contribution in [2.45, 2.75) is 83.6 Å². The second-order valence-corrected chi connectivity index (χ2v) is 15.2. The minimum Gasteiger partial charge on any atom is -0.508 e. The summed E-state index contributed by atoms with van der Waals surface area (Å²) in [5.74, 6) is -3.22. The van der Waals surface area contributed by atoms with E-state index in [-0.39, 0.29) is 24.3 Å². The maximum atomic E-state index is 14.5. The summed E-state index contributed by atoms with van der Waals surface area (Å²) in [5, 5.41) is 22.6. The molecule has 0 bridgehead atoms. The monoisotopic (exact) mass is 804 g/mol. The summed E-state index contributed by atoms with van der Waals surface area (Å²) in [6.45, 7) is 7.18. The number of carbonyl (C=O) groups is 5. The lowest BCUT2D eigenvalue weighted by Gasteiger charge is -2.36. The molecule has 0 aliphatic carbocycles. The van der Waals surface area contributed by atoms with Crippen LogP contribution in [0.15, 0.2) is 72.8 Å². The van der Waals surface area contributed by atoms with Crippen LogP contribution < -0.4 is 10.1 Å². The summed E-state index contributed by atoms with van der Waals surface area (Å²) in [6, 6.07) is 15.6. The number of nitrogens with zero attached hydrogens (tertiary/aromatic N) is 3. The third-order valence-electron chi connectivity index (χ3n) is 10.5. The first kappa shape index (κ1) is 46.8. The van der Waals surface area contributed by atoms with Gasteiger partial charge in [0.2, 0.25) is 11.8 Å². The average Bonchev–Trinajstić information content (AvgIpc) is 3.21. The van der Waals surface area contributed by atoms with Crippen LogP contribution in [0, 0.1) is 11.8 Å². The fourth-order valence-electron chi connectivity index (χ4n) is 6.43. The van der Waals surface area contributed by atoms with Gasteiger partial charge in [-0.2, -0.15) is 0 Å². The molecule has 6 atom stereocenters. The molecule has 0 radical (unpaired) electrons. The number of ether oxygens (including phenoxy) is 3. The molecule has 0 unspecified atom stereocenters. The van der Waals surface area contributed by atoms with Gasteiger partial charge in [0.15, 0.2) is 6.10 Å². The minimum absolute atomic E-state index is 0.00475. The van der Waals surface area contributed by atoms with E-state index in [0.717, 1.165) is 5.56 Å². The lowest BCUT2D eigenvalue weighted by Crippen LogP contribution is -2.59. The Morgan fingerprint density at radius 3 is 1.52 bits per heavy atom. The fourth-order valence-corrected chi connectivity index (χ4v) is 6.43. The molecule has 0 aromatic heterocycles. The predicted octanol–water partition coefficient (Wildman–Crippen LogP) is 3.99. The third-order valence-corrected chi connectivity index (χ3v) is 10.5. The van der Waals surface area contributed by atoms with Crippen LogP contribution in [-0.4, -0.2) is 127 Å². The first-order valence-corrected chi connectivity index (χ1v) is 19.4. The number of methoxy groups -OCH3 is 2. The van der Waals surface area contributed by atoms with Gasteiger partial charge in [-0.15, -0.1) is 0 Å². The number of rotatable bonds is 20. The van der Waals surface area contributed by atoms with Gasteiger partial charge in [0, 0.05) is 32.9 Å². The molecule has 316 valence electrons. The Balaban J connectivity index is 1.92. The first-order chi connectivity index (χ1) is 27.4. The van der Waals surface area contributed by atoms with Gasteiger partial charge in [-0.05, 0) is 85.9 Å². The topological polar surface area (TPSA) is 175 Å². The highest BCUT2D eigenvalue weighted by molar-refractivity contribution is 5.95. The van der Waals surface area contributed by atoms with E-state index >= 15 is 0 Å². The number of carbonyl (C=O) groups excluding carboxylic acids is 5. The molecule has 0 heterocycles. The fraction of sp³-hybridized carbons (Fsp3) is 0.477. The summed E-state index contributed by atoms with van der Waals surface area (Å²) >= 11 is 0. The summed E-state index contributed by atoms with van der Waals surface area (Å²) in [4.78, 5) is 74.2. The number of hydrogen-bond donors (Lipinski definition) is 3. The Morgan fingerprint density at radius 1 is 0.638 bits per heavy atom. The van der Waals surface area contributed by atoms with Gasteiger partial charge in [-0.25, -0.2) is 4.79 Å². The minimum atomic E-state index is -1.23. The van der Waals surface area contributed by atoms with E-state index in [1.54, 1.807) is 83.3 Å². The van der Waals surface area contributed by atoms with Crippen LogP contribution in [0.3, 0.4) is 0 Å². The van der Waals surface area contributed by atoms with Gasteiger partial charge < -0.3 is 39.5 Å². The van der Waals surface area contributed by atoms with E-state index in [1.165, 1.54) is 55.3 Å². The second-order valence-electron chi connectivity index (χ2n) is 15.2. The lowest BCUT2D eigenvalue weighted by atomic mass is 9.96. The Labute approximate surface area is 342 Å². The first-order valence-electron chi connectivity index (χ1n) is 19.4. The van der Waals surface area contributed by atoms with Gasteiger partial charge >= 0.3 is 11.9 Å². The van der Waals surface area contributed by atoms with Crippen molar-refractivity contribution in [1.29, 1.82) is 0 Å². The SMILES string of the molecule is CC[C@@H](C)[C@@H](OC(=O)[C@@H](Cc1ccc(OC)cc1)N(C)C)C(=O)N[C@H](C(=O)N(C)[C@@H](Cc1ccc(O)cc1)C(=O)N(C)[C@H](Cc1ccc(O)cc1)C(=O)OC)C(C)C. The van der Waals surface area contributed by atoms with Gasteiger partial charge in [-0.3, -0.25) is 24.1 Å². The number of phenols is 2. The number of nitrogens with one attached hydrogen (secondary N) is 1. The summed E-state index contributed by atoms with van der Waals surface area (Å²) in [6.07, 6.45) is -0.341. The van der Waals surface area contributed by atoms with Crippen molar-refractivity contribution in [3.8, 4) is 17.2 Å². The summed E-state index contributed by atoms with van der Waals surface area (Å²) in [7, 11) is 9.21. The molecule has 0 fully saturated rings. The molecule has 0 spiro atoms. The van der Waals surface area contributed by atoms with Gasteiger partial charge in [0.25, 0.3) is 5.91 Å². The maximum absolute atomic E-state index is 14.5. The van der Waals surface area contributed by atoms with Crippen molar-refractivity contribution in [2.24, 2.45) is 11.8 Å². The standard InChI is InChI=1S/C44H60N4O10/c1-11-28(4)39(58-44(55)36(46(5)6)25-31-16-22-34(56-9)23-17-31)40(51)45-38(27(2)3)42(53)47(7)35(24-29-12-18-32(49)19-13-29)41(52)48(8)37(43(54)57-10)26-30-14-20-33(50)21-15-30/h12-23,27-28,35-39,49-50H,11,24-26H2,1-10H3,(H,45,51)/t28-,35+,36-,37-,38+,39-/m1/s1. The zero-order chi connectivity index (χ0) is 43.3. The van der Waals surface area contributed by atoms with Crippen LogP contribution in [0.2, 0.25) is 0 Å². The van der Waals surface area contributed by atoms with Crippen LogP contribution in [0.1, 0.15) is 50.8 Å². The third kappa shape index (κ3) is 12.7. The van der Waals surface area contributed by atoms with Crippen LogP contribution >= 0.6 is 0 Å². The van der Waals surface area contributed by atoms with E-state index in [0.29, 0.717) is 29.7 Å². The Bertz CT molecular complexity index is 1820. The molecule has 0 saturated carbocycles. The van der Waals surface area contributed by atoms with Crippen molar-refractivity contribution in [3.05, 3.63) is 89.5 Å². The number of hydrogen-bond acceptors (Lipinski definition) is 11. The zero-order valence-electron chi connectivity index (χ0n) is 35.3. The molecule has 14 heteroatoms. The van der Waals surface area contributed by atoms with Crippen molar-refractivity contribution < 1.29 is 48.4 Å². The molecule has 0 aliphatic heterocycles. The zero-order valence-corrected chi connectivity index (χ0v) is 35.3. The van der Waals surface area contributed by atoms with Gasteiger partial charge in [0.1, 0.15) is 41.4 Å². The van der Waals surface area contributed by atoms with Crippen molar-refractivity contribution in [2.75, 3.05) is 42.4 Å². The molecule has 3 aromatic carbocycles. The number of amides is 3. The predicted molar refractivity (Wildman–Crippen MR) is 219 cm³/mol. The largest absolute Gasteiger partial charge is 0.508 e. The molecule has 3 aromatic rings. The summed E-state index contributed by atoms with van der Waals surface area (Å²) < 4.78 is 16.3. The number of benzene rings is 3. The number of aromatic hydroxyl groups is 2. The normalized spacial score (nSPS) is 14.3. The Morgan fingerprint density at radius 2 is 1.09 bits per heavy atom. The quantitative estimate of drug-likeness (QED) is 0.141. The molecule has 3 N–H and O–H groups in total. The van der Waals surface area contributed by atoms with Crippen LogP contribution in [-0.2, 0) is 52.7 Å². The number of phenolic OH excluding ortho intramolecular Hbond substituents is 2. The van der Waals surface area contributed by atoms with Gasteiger partial charge in [-0.1, -0.05) is 64.1 Å². The van der Waals surface area contributed by atoms with Crippen molar-refractivity contribution >= 4 is 29.7 Å². The van der Waals surface area contributed by atoms with E-state index in [4.69, 9.17) is 14.2 Å². The Hall–Kier alpha value is -5.63. The maximum Gasteiger partial charge on any atom is 0.328 e. The van der Waals surface area contributed by atoms with E-state index < -0.39 is 71.8 Å². The van der Waals surface area contributed by atoms with Crippen molar-refractivity contribution in [1.82, 2.24) is 20.0 Å². The van der Waals surface area contributed by atoms with Gasteiger partial charge in [0.05, 0.1) is 14.2 Å². The van der Waals surface area contributed by atoms with E-state index in [1.807, 2.05) is 19.1 Å². The highest BCUT2D eigenvalue weighted by Gasteiger charge is 2.40. The molecule has 58 heavy (non-hydrogen) atoms. The molecular weight excluding hydrogens is 745 g/mol. The molecule has 14 nitrogen and oxygen atoms in total. The van der Waals surface area contributed by atoms with Crippen LogP contribution in [0.5, 0.6) is 17.2 Å². The number of likely N-dealkylation sites (N-methyl/N-ethyl adjacent to an activating group) is 3. The van der Waals surface area contributed by atoms with Crippen LogP contribution in [0.25, 0.3) is 0 Å². The smallest absolute Gasteiger partial charge is 0.328 e. The highest BCUT2D eigenvalue weighted by Crippen LogP contribution is 2.22. The lowest BCUT2D eigenvalue weighted by molar-refractivity contribution is -0.164. The van der Waals surface area contributed by atoms with E-state index in [9.17, 15) is 34.2 Å². The molecule has 0 aliphatic rings.